The number of nitrogens with one attached hydrogen (secondary N) is 1. The highest BCUT2D eigenvalue weighted by atomic mass is 35.5. The molecule has 0 spiro atoms. The minimum atomic E-state index is -0.633. The molecule has 1 aliphatic heterocycles. The average molecular weight is 455 g/mol. The highest BCUT2D eigenvalue weighted by molar-refractivity contribution is 6.53. The Morgan fingerprint density at radius 1 is 0.839 bits per heavy atom. The highest BCUT2D eigenvalue weighted by Gasteiger charge is 2.39. The standard InChI is InChI=1S/C23H16Cl2N2O4/c1-30-19-12-7-14(24)13-18(19)26-21-20(25)22(28)27(23(21)29)15-8-10-17(11-9-15)31-16-5-3-2-4-6-16/h2-13,26H,1H3. The van der Waals surface area contributed by atoms with Crippen molar-refractivity contribution in [3.63, 3.8) is 0 Å². The number of carbonyl (C=O) groups excluding carboxylic acids is 2. The van der Waals surface area contributed by atoms with Crippen LogP contribution in [-0.4, -0.2) is 18.9 Å². The first kappa shape index (κ1) is 20.8. The lowest BCUT2D eigenvalue weighted by molar-refractivity contribution is -0.120. The van der Waals surface area contributed by atoms with Gasteiger partial charge in [-0.1, -0.05) is 41.4 Å². The lowest BCUT2D eigenvalue weighted by Gasteiger charge is -2.16. The molecule has 1 aliphatic rings. The summed E-state index contributed by atoms with van der Waals surface area (Å²) in [6, 6.07) is 20.7. The number of benzene rings is 3. The van der Waals surface area contributed by atoms with Crippen molar-refractivity contribution >= 4 is 46.4 Å². The van der Waals surface area contributed by atoms with Gasteiger partial charge in [0, 0.05) is 5.02 Å². The molecule has 31 heavy (non-hydrogen) atoms. The van der Waals surface area contributed by atoms with Crippen LogP contribution in [0.2, 0.25) is 5.02 Å². The number of carbonyl (C=O) groups is 2. The molecule has 156 valence electrons. The fraction of sp³-hybridized carbons (Fsp3) is 0.0435. The van der Waals surface area contributed by atoms with Crippen molar-refractivity contribution in [2.45, 2.75) is 0 Å². The van der Waals surface area contributed by atoms with Crippen LogP contribution in [0.1, 0.15) is 0 Å². The summed E-state index contributed by atoms with van der Waals surface area (Å²) in [6.45, 7) is 0. The van der Waals surface area contributed by atoms with Crippen LogP contribution in [0.15, 0.2) is 83.5 Å². The van der Waals surface area contributed by atoms with Crippen LogP contribution in [0.4, 0.5) is 11.4 Å². The van der Waals surface area contributed by atoms with Crippen molar-refractivity contribution in [2.24, 2.45) is 0 Å². The van der Waals surface area contributed by atoms with Crippen LogP contribution in [0.25, 0.3) is 0 Å². The smallest absolute Gasteiger partial charge is 0.283 e. The molecular weight excluding hydrogens is 439 g/mol. The molecule has 1 heterocycles. The number of imide groups is 1. The average Bonchev–Trinajstić information content (AvgIpc) is 2.98. The van der Waals surface area contributed by atoms with Crippen molar-refractivity contribution in [3.8, 4) is 17.2 Å². The van der Waals surface area contributed by atoms with Gasteiger partial charge in [-0.3, -0.25) is 9.59 Å². The number of nitrogens with zero attached hydrogens (tertiary/aromatic N) is 1. The normalized spacial score (nSPS) is 13.6. The monoisotopic (exact) mass is 454 g/mol. The Kier molecular flexibility index (Phi) is 5.84. The first-order chi connectivity index (χ1) is 15.0. The van der Waals surface area contributed by atoms with Gasteiger partial charge in [-0.25, -0.2) is 4.90 Å². The zero-order chi connectivity index (χ0) is 22.0. The zero-order valence-corrected chi connectivity index (χ0v) is 17.8. The van der Waals surface area contributed by atoms with Crippen molar-refractivity contribution < 1.29 is 19.1 Å². The maximum Gasteiger partial charge on any atom is 0.283 e. The quantitative estimate of drug-likeness (QED) is 0.492. The van der Waals surface area contributed by atoms with Gasteiger partial charge in [0.1, 0.15) is 28.0 Å². The first-order valence-electron chi connectivity index (χ1n) is 9.20. The Balaban J connectivity index is 1.56. The van der Waals surface area contributed by atoms with Gasteiger partial charge in [0.2, 0.25) is 0 Å². The molecule has 0 radical (unpaired) electrons. The van der Waals surface area contributed by atoms with Crippen LogP contribution in [0.3, 0.4) is 0 Å². The van der Waals surface area contributed by atoms with E-state index in [0.717, 1.165) is 4.90 Å². The van der Waals surface area contributed by atoms with Crippen LogP contribution in [0, 0.1) is 0 Å². The fourth-order valence-electron chi connectivity index (χ4n) is 3.05. The predicted molar refractivity (Wildman–Crippen MR) is 120 cm³/mol. The number of halogens is 2. The lowest BCUT2D eigenvalue weighted by atomic mass is 10.2. The highest BCUT2D eigenvalue weighted by Crippen LogP contribution is 2.35. The van der Waals surface area contributed by atoms with Gasteiger partial charge in [-0.15, -0.1) is 0 Å². The Labute approximate surface area is 188 Å². The summed E-state index contributed by atoms with van der Waals surface area (Å²) in [5, 5.41) is 3.08. The van der Waals surface area contributed by atoms with Gasteiger partial charge in [0.05, 0.1) is 18.5 Å². The van der Waals surface area contributed by atoms with Crippen LogP contribution in [0.5, 0.6) is 17.2 Å². The number of rotatable bonds is 6. The number of amides is 2. The third-order valence-corrected chi connectivity index (χ3v) is 5.11. The van der Waals surface area contributed by atoms with E-state index in [2.05, 4.69) is 5.32 Å². The van der Waals surface area contributed by atoms with Crippen LogP contribution >= 0.6 is 23.2 Å². The SMILES string of the molecule is COc1ccc(Cl)cc1NC1=C(Cl)C(=O)N(c2ccc(Oc3ccccc3)cc2)C1=O. The summed E-state index contributed by atoms with van der Waals surface area (Å²) < 4.78 is 11.0. The summed E-state index contributed by atoms with van der Waals surface area (Å²) in [5.41, 5.74) is 0.720. The molecule has 4 rings (SSSR count). The molecule has 0 bridgehead atoms. The van der Waals surface area contributed by atoms with Crippen LogP contribution < -0.4 is 19.7 Å². The van der Waals surface area contributed by atoms with Crippen molar-refractivity contribution in [1.29, 1.82) is 0 Å². The largest absolute Gasteiger partial charge is 0.495 e. The fourth-order valence-corrected chi connectivity index (χ4v) is 3.43. The second-order valence-electron chi connectivity index (χ2n) is 6.51. The molecule has 2 amide bonds. The lowest BCUT2D eigenvalue weighted by Crippen LogP contribution is -2.32. The summed E-state index contributed by atoms with van der Waals surface area (Å²) in [4.78, 5) is 26.7. The van der Waals surface area contributed by atoms with Crippen molar-refractivity contribution in [3.05, 3.63) is 88.5 Å². The summed E-state index contributed by atoms with van der Waals surface area (Å²) in [6.07, 6.45) is 0. The molecule has 6 nitrogen and oxygen atoms in total. The van der Waals surface area contributed by atoms with E-state index in [1.807, 2.05) is 30.3 Å². The Bertz CT molecular complexity index is 1180. The first-order valence-corrected chi connectivity index (χ1v) is 9.95. The summed E-state index contributed by atoms with van der Waals surface area (Å²) in [5.74, 6) is 0.466. The maximum absolute atomic E-state index is 13.0. The van der Waals surface area contributed by atoms with Gasteiger partial charge in [0.25, 0.3) is 11.8 Å². The molecule has 1 N–H and O–H groups in total. The molecule has 3 aromatic rings. The van der Waals surface area contributed by atoms with E-state index >= 15 is 0 Å². The number of methoxy groups -OCH3 is 1. The molecule has 0 saturated heterocycles. The van der Waals surface area contributed by atoms with Crippen molar-refractivity contribution in [1.82, 2.24) is 0 Å². The van der Waals surface area contributed by atoms with E-state index in [4.69, 9.17) is 32.7 Å². The summed E-state index contributed by atoms with van der Waals surface area (Å²) in [7, 11) is 1.48. The molecule has 8 heteroatoms. The minimum Gasteiger partial charge on any atom is -0.495 e. The Morgan fingerprint density at radius 3 is 2.19 bits per heavy atom. The second-order valence-corrected chi connectivity index (χ2v) is 7.33. The third kappa shape index (κ3) is 4.21. The molecule has 0 aromatic heterocycles. The second kappa shape index (κ2) is 8.71. The number of anilines is 2. The predicted octanol–water partition coefficient (Wildman–Crippen LogP) is 5.58. The molecular formula is C23H16Cl2N2O4. The number of hydrogen-bond donors (Lipinski definition) is 1. The Morgan fingerprint density at radius 2 is 1.52 bits per heavy atom. The maximum atomic E-state index is 13.0. The van der Waals surface area contributed by atoms with Gasteiger partial charge < -0.3 is 14.8 Å². The third-order valence-electron chi connectivity index (χ3n) is 4.52. The molecule has 3 aromatic carbocycles. The molecule has 0 atom stereocenters. The summed E-state index contributed by atoms with van der Waals surface area (Å²) >= 11 is 12.2. The Hall–Kier alpha value is -3.48. The van der Waals surface area contributed by atoms with Gasteiger partial charge >= 0.3 is 0 Å². The molecule has 0 aliphatic carbocycles. The van der Waals surface area contributed by atoms with Crippen molar-refractivity contribution in [2.75, 3.05) is 17.3 Å². The zero-order valence-electron chi connectivity index (χ0n) is 16.3. The van der Waals surface area contributed by atoms with Gasteiger partial charge in [0.15, 0.2) is 0 Å². The number of para-hydroxylation sites is 1. The molecule has 0 saturated carbocycles. The number of ether oxygens (including phenoxy) is 2. The van der Waals surface area contributed by atoms with E-state index in [9.17, 15) is 9.59 Å². The van der Waals surface area contributed by atoms with E-state index in [0.29, 0.717) is 33.6 Å². The van der Waals surface area contributed by atoms with E-state index in [-0.39, 0.29) is 10.7 Å². The topological polar surface area (TPSA) is 67.9 Å². The van der Waals surface area contributed by atoms with Crippen LogP contribution in [-0.2, 0) is 9.59 Å². The van der Waals surface area contributed by atoms with Gasteiger partial charge in [-0.2, -0.15) is 0 Å². The van der Waals surface area contributed by atoms with E-state index < -0.39 is 11.8 Å². The molecule has 0 unspecified atom stereocenters. The molecule has 0 fully saturated rings. The number of hydrogen-bond acceptors (Lipinski definition) is 5. The van der Waals surface area contributed by atoms with Gasteiger partial charge in [-0.05, 0) is 54.6 Å². The van der Waals surface area contributed by atoms with E-state index in [1.54, 1.807) is 42.5 Å². The minimum absolute atomic E-state index is 0.0585. The van der Waals surface area contributed by atoms with E-state index in [1.165, 1.54) is 7.11 Å².